The van der Waals surface area contributed by atoms with Gasteiger partial charge in [-0.15, -0.1) is 0 Å². The fourth-order valence-electron chi connectivity index (χ4n) is 16.0. The average molecular weight is 1740 g/mol. The van der Waals surface area contributed by atoms with Crippen molar-refractivity contribution in [3.05, 3.63) is 333 Å². The summed E-state index contributed by atoms with van der Waals surface area (Å²) in [4.78, 5) is 68.1. The molecule has 0 spiro atoms. The van der Waals surface area contributed by atoms with Crippen LogP contribution in [0.3, 0.4) is 0 Å². The van der Waals surface area contributed by atoms with Gasteiger partial charge in [0.15, 0.2) is 0 Å². The van der Waals surface area contributed by atoms with Crippen LogP contribution in [0.15, 0.2) is 250 Å². The smallest absolute Gasteiger partial charge is 0.416 e. The van der Waals surface area contributed by atoms with E-state index in [0.29, 0.717) is 73.8 Å². The largest absolute Gasteiger partial charge is 0.494 e. The second-order valence-electron chi connectivity index (χ2n) is 30.4. The Bertz CT molecular complexity index is 5800. The number of aromatic nitrogens is 10. The van der Waals surface area contributed by atoms with E-state index in [4.69, 9.17) is 63.2 Å². The van der Waals surface area contributed by atoms with Crippen LogP contribution in [-0.4, -0.2) is 134 Å². The number of amides is 3. The zero-order chi connectivity index (χ0) is 85.3. The molecule has 3 aliphatic heterocycles. The third kappa shape index (κ3) is 21.0. The zero-order valence-electron chi connectivity index (χ0n) is 67.7. The van der Waals surface area contributed by atoms with E-state index in [2.05, 4.69) is 49.5 Å². The quantitative estimate of drug-likeness (QED) is 0.0334. The Morgan fingerprint density at radius 3 is 1.07 bits per heavy atom. The summed E-state index contributed by atoms with van der Waals surface area (Å²) in [6.45, 7) is 7.77. The molecule has 4 N–H and O–H groups in total. The summed E-state index contributed by atoms with van der Waals surface area (Å²) in [5.41, 5.74) is 11.8. The minimum atomic E-state index is -0.508. The summed E-state index contributed by atoms with van der Waals surface area (Å²) in [5.74, 6) is 1.99. The first kappa shape index (κ1) is 84.6. The Morgan fingerprint density at radius 2 is 0.726 bits per heavy atom. The number of unbranched alkanes of at least 4 members (excludes halogenated alkanes) is 3. The lowest BCUT2D eigenvalue weighted by Gasteiger charge is -2.35. The van der Waals surface area contributed by atoms with Crippen LogP contribution in [0.2, 0.25) is 15.1 Å². The van der Waals surface area contributed by atoms with Crippen molar-refractivity contribution in [1.29, 1.82) is 0 Å². The van der Waals surface area contributed by atoms with Gasteiger partial charge in [0.05, 0.1) is 32.5 Å². The van der Waals surface area contributed by atoms with Gasteiger partial charge in [0.1, 0.15) is 82.7 Å². The van der Waals surface area contributed by atoms with Gasteiger partial charge < -0.3 is 57.8 Å². The van der Waals surface area contributed by atoms with E-state index in [1.54, 1.807) is 38.1 Å². The molecule has 9 aromatic carbocycles. The number of ether oxygens (including phenoxy) is 6. The summed E-state index contributed by atoms with van der Waals surface area (Å²) in [6.07, 6.45) is 21.6. The minimum Gasteiger partial charge on any atom is -0.494 e. The summed E-state index contributed by atoms with van der Waals surface area (Å²) in [7, 11) is 0. The molecule has 0 aliphatic carbocycles. The van der Waals surface area contributed by atoms with E-state index in [-0.39, 0.29) is 17.2 Å². The van der Waals surface area contributed by atoms with Crippen LogP contribution in [0.4, 0.5) is 27.6 Å². The number of hydrogen-bond donors (Lipinski definition) is 4. The third-order valence-corrected chi connectivity index (χ3v) is 22.8. The van der Waals surface area contributed by atoms with Gasteiger partial charge in [-0.3, -0.25) is 19.4 Å². The molecule has 9 heterocycles. The highest BCUT2D eigenvalue weighted by Gasteiger charge is 2.40. The minimum absolute atomic E-state index is 0.284. The lowest BCUT2D eigenvalue weighted by Crippen LogP contribution is -2.42. The summed E-state index contributed by atoms with van der Waals surface area (Å²) >= 11 is 19.0. The molecule has 29 heteroatoms. The molecule has 3 unspecified atom stereocenters. The predicted octanol–water partition coefficient (Wildman–Crippen LogP) is 20.9. The van der Waals surface area contributed by atoms with Gasteiger partial charge in [0.2, 0.25) is 0 Å². The van der Waals surface area contributed by atoms with Crippen molar-refractivity contribution in [1.82, 2.24) is 68.8 Å². The van der Waals surface area contributed by atoms with Gasteiger partial charge >= 0.3 is 18.3 Å². The SMILES string of the molecule is O=C(Oc1ccc(F)cc1)N1CCc2c([nH]c3ccc(Cl)cc23)C1c1ccc(OCCCCNCCCn2ccnc2)cc1.O=C(Oc1ccc(F)cc1)N1CCc2c([nH]c3ccc(Cl)cc23)C1c1ccc(OCCCCn2ccnc2)cc1.O=C(Oc1ccc(F)cc1)N1CCc2c([nH]c3ccc(Cl)cc23)C1c1ccc(OCCCCn2cncn2)cc1. The molecule has 3 atom stereocenters. The fraction of sp³-hybridized carbons (Fsp3) is 0.253. The van der Waals surface area contributed by atoms with E-state index in [9.17, 15) is 27.6 Å². The van der Waals surface area contributed by atoms with Crippen molar-refractivity contribution in [3.8, 4) is 34.5 Å². The molecule has 3 amide bonds. The van der Waals surface area contributed by atoms with Crippen molar-refractivity contribution >= 4 is 85.8 Å². The number of H-pyrrole nitrogens is 3. The molecule has 0 bridgehead atoms. The van der Waals surface area contributed by atoms with Gasteiger partial charge in [-0.05, 0) is 274 Å². The number of fused-ring (bicyclic) bond motifs is 9. The average Bonchev–Trinajstić information content (AvgIpc) is 1.47. The lowest BCUT2D eigenvalue weighted by atomic mass is 9.92. The van der Waals surface area contributed by atoms with Gasteiger partial charge in [-0.1, -0.05) is 71.2 Å². The van der Waals surface area contributed by atoms with Crippen molar-refractivity contribution in [2.24, 2.45) is 0 Å². The van der Waals surface area contributed by atoms with E-state index < -0.39 is 53.9 Å². The first-order valence-electron chi connectivity index (χ1n) is 41.4. The first-order valence-corrected chi connectivity index (χ1v) is 42.5. The summed E-state index contributed by atoms with van der Waals surface area (Å²) in [6, 6.07) is 55.9. The molecule has 0 radical (unpaired) electrons. The third-order valence-electron chi connectivity index (χ3n) is 22.1. The molecule has 3 aliphatic rings. The van der Waals surface area contributed by atoms with Crippen LogP contribution in [-0.2, 0) is 38.9 Å². The second kappa shape index (κ2) is 40.3. The van der Waals surface area contributed by atoms with Gasteiger partial charge in [0.25, 0.3) is 0 Å². The van der Waals surface area contributed by atoms with E-state index in [1.165, 1.54) is 79.1 Å². The molecular formula is C95H90Cl3F3N14O9. The molecule has 6 aromatic heterocycles. The zero-order valence-corrected chi connectivity index (χ0v) is 69.9. The Kier molecular flexibility index (Phi) is 27.5. The molecule has 23 nitrogen and oxygen atoms in total. The topological polar surface area (TPSA) is 242 Å². The second-order valence-corrected chi connectivity index (χ2v) is 31.7. The number of hydrogen-bond acceptors (Lipinski definition) is 14. The number of halogens is 6. The number of carbonyl (C=O) groups is 3. The fourth-order valence-corrected chi connectivity index (χ4v) is 16.5. The van der Waals surface area contributed by atoms with Crippen molar-refractivity contribution in [2.45, 2.75) is 102 Å². The Hall–Kier alpha value is -13.0. The van der Waals surface area contributed by atoms with Crippen LogP contribution < -0.4 is 33.7 Å². The van der Waals surface area contributed by atoms with Gasteiger partial charge in [0, 0.05) is 129 Å². The molecule has 0 fully saturated rings. The van der Waals surface area contributed by atoms with E-state index in [0.717, 1.165) is 178 Å². The van der Waals surface area contributed by atoms with E-state index in [1.807, 2.05) is 152 Å². The predicted molar refractivity (Wildman–Crippen MR) is 469 cm³/mol. The molecule has 124 heavy (non-hydrogen) atoms. The van der Waals surface area contributed by atoms with Crippen LogP contribution in [0.5, 0.6) is 34.5 Å². The van der Waals surface area contributed by atoms with Gasteiger partial charge in [-0.2, -0.15) is 5.10 Å². The number of imidazole rings is 2. The molecule has 15 aromatic rings. The maximum atomic E-state index is 13.5. The van der Waals surface area contributed by atoms with Crippen molar-refractivity contribution in [3.63, 3.8) is 0 Å². The van der Waals surface area contributed by atoms with Gasteiger partial charge in [-0.25, -0.2) is 42.5 Å². The number of nitrogens with zero attached hydrogens (tertiary/aromatic N) is 10. The highest BCUT2D eigenvalue weighted by molar-refractivity contribution is 6.32. The van der Waals surface area contributed by atoms with Crippen LogP contribution in [0.25, 0.3) is 32.7 Å². The number of carbonyl (C=O) groups excluding carboxylic acids is 3. The number of aryl methyl sites for hydroxylation is 3. The number of nitrogens with one attached hydrogen (secondary N) is 4. The highest BCUT2D eigenvalue weighted by atomic mass is 35.5. The highest BCUT2D eigenvalue weighted by Crippen LogP contribution is 2.44. The standard InChI is InChI=1S/C34H35ClFN5O3.C31H28ClFN4O3.C30H27ClFN5O3/c35-25-6-13-31-30(22-25)29-14-19-41(34(42)44-28-11-7-26(36)8-12-28)33(32(29)39-31)24-4-9-27(10-5-24)43-21-2-1-15-37-16-3-18-40-20-17-38-23-40;32-22-5-12-28-27(19-22)26-13-16-37(31(38)40-25-10-6-23(33)7-11-25)30(29(26)35-28)21-3-8-24(9-4-21)39-18-2-1-15-36-17-14-34-20-36;31-21-5-12-27-26(17-21)25-13-15-37(30(38)40-24-10-6-22(32)7-11-24)29(28(25)35-27)20-3-8-23(9-4-20)39-16-2-1-14-36-19-33-18-34-36/h4-13,17,20,22-23,33,37,39H,1-3,14-16,18-19,21H2;3-12,14,17,19-20,30,35H,1-2,13,15-16,18H2;3-12,17-19,29,35H,1-2,13-16H2. The monoisotopic (exact) mass is 1730 g/mol. The van der Waals surface area contributed by atoms with Crippen LogP contribution in [0, 0.1) is 17.5 Å². The molecular weight excluding hydrogens is 1640 g/mol. The molecule has 18 rings (SSSR count). The Balaban J connectivity index is 0.000000138. The maximum absolute atomic E-state index is 13.5. The van der Waals surface area contributed by atoms with Crippen LogP contribution in [0.1, 0.15) is 114 Å². The normalized spacial score (nSPS) is 14.7. The van der Waals surface area contributed by atoms with Crippen LogP contribution >= 0.6 is 34.8 Å². The number of rotatable bonds is 28. The van der Waals surface area contributed by atoms with Crippen molar-refractivity contribution < 1.29 is 56.0 Å². The first-order chi connectivity index (χ1) is 60.6. The lowest BCUT2D eigenvalue weighted by molar-refractivity contribution is 0.134. The maximum Gasteiger partial charge on any atom is 0.416 e. The molecule has 636 valence electrons. The molecule has 0 saturated carbocycles. The Labute approximate surface area is 728 Å². The number of aromatic amines is 3. The Morgan fingerprint density at radius 1 is 0.387 bits per heavy atom. The number of benzene rings is 9. The summed E-state index contributed by atoms with van der Waals surface area (Å²) in [5, 5.41) is 12.7. The van der Waals surface area contributed by atoms with Crippen molar-refractivity contribution in [2.75, 3.05) is 52.5 Å². The van der Waals surface area contributed by atoms with E-state index >= 15 is 0 Å². The molecule has 0 saturated heterocycles. The summed E-state index contributed by atoms with van der Waals surface area (Å²) < 4.78 is 81.1.